The van der Waals surface area contributed by atoms with Crippen molar-refractivity contribution in [3.05, 3.63) is 77.1 Å². The van der Waals surface area contributed by atoms with E-state index in [-0.39, 0.29) is 18.5 Å². The fourth-order valence-corrected chi connectivity index (χ4v) is 4.29. The number of nitrogens with one attached hydrogen (secondary N) is 1. The summed E-state index contributed by atoms with van der Waals surface area (Å²) in [6, 6.07) is 12.1. The monoisotopic (exact) mass is 446 g/mol. The number of piperidine rings is 1. The van der Waals surface area contributed by atoms with Crippen LogP contribution in [0.15, 0.2) is 54.7 Å². The van der Waals surface area contributed by atoms with Gasteiger partial charge in [0.05, 0.1) is 42.8 Å². The Bertz CT molecular complexity index is 1070. The van der Waals surface area contributed by atoms with Gasteiger partial charge in [-0.25, -0.2) is 4.68 Å². The summed E-state index contributed by atoms with van der Waals surface area (Å²) in [5.74, 6) is 0.757. The molecule has 2 N–H and O–H groups in total. The van der Waals surface area contributed by atoms with Crippen molar-refractivity contribution in [1.29, 1.82) is 0 Å². The highest BCUT2D eigenvalue weighted by Crippen LogP contribution is 2.40. The molecule has 3 aromatic rings. The van der Waals surface area contributed by atoms with Crippen molar-refractivity contribution in [2.75, 3.05) is 7.11 Å². The van der Waals surface area contributed by atoms with Crippen molar-refractivity contribution in [2.24, 2.45) is 0 Å². The summed E-state index contributed by atoms with van der Waals surface area (Å²) in [6.07, 6.45) is -1.93. The third-order valence-corrected chi connectivity index (χ3v) is 5.81. The van der Waals surface area contributed by atoms with E-state index >= 15 is 0 Å². The highest BCUT2D eigenvalue weighted by molar-refractivity contribution is 5.31. The lowest BCUT2D eigenvalue weighted by Crippen LogP contribution is -2.47. The van der Waals surface area contributed by atoms with E-state index in [4.69, 9.17) is 4.74 Å². The molecule has 2 heterocycles. The number of rotatable bonds is 5. The molecule has 6 nitrogen and oxygen atoms in total. The molecular formula is C23H25F3N4O2. The van der Waals surface area contributed by atoms with Gasteiger partial charge in [-0.1, -0.05) is 29.5 Å². The average Bonchev–Trinajstić information content (AvgIpc) is 3.21. The van der Waals surface area contributed by atoms with Gasteiger partial charge in [0.1, 0.15) is 5.75 Å². The number of methoxy groups -OCH3 is 1. The molecule has 170 valence electrons. The van der Waals surface area contributed by atoms with Crippen LogP contribution >= 0.6 is 0 Å². The van der Waals surface area contributed by atoms with Crippen LogP contribution in [0.2, 0.25) is 0 Å². The smallest absolute Gasteiger partial charge is 0.416 e. The Morgan fingerprint density at radius 2 is 1.94 bits per heavy atom. The second kappa shape index (κ2) is 8.55. The number of hydrogen-bond acceptors (Lipinski definition) is 5. The Morgan fingerprint density at radius 3 is 2.62 bits per heavy atom. The maximum atomic E-state index is 12.9. The molecule has 9 heteroatoms. The largest absolute Gasteiger partial charge is 0.497 e. The molecule has 32 heavy (non-hydrogen) atoms. The van der Waals surface area contributed by atoms with E-state index in [9.17, 15) is 18.3 Å². The summed E-state index contributed by atoms with van der Waals surface area (Å²) in [4.78, 5) is 0. The first-order valence-corrected chi connectivity index (χ1v) is 10.4. The molecule has 0 amide bonds. The molecule has 4 rings (SSSR count). The van der Waals surface area contributed by atoms with Crippen LogP contribution < -0.4 is 10.1 Å². The number of nitrogens with zero attached hydrogens (tertiary/aromatic N) is 3. The van der Waals surface area contributed by atoms with E-state index in [1.807, 2.05) is 37.4 Å². The summed E-state index contributed by atoms with van der Waals surface area (Å²) in [5.41, 5.74) is 0.143. The zero-order valence-electron chi connectivity index (χ0n) is 17.8. The van der Waals surface area contributed by atoms with Crippen LogP contribution in [0.5, 0.6) is 5.75 Å². The normalized spacial score (nSPS) is 23.8. The summed E-state index contributed by atoms with van der Waals surface area (Å²) in [5, 5.41) is 23.2. The lowest BCUT2D eigenvalue weighted by Gasteiger charge is -2.40. The number of halogens is 3. The molecule has 1 aliphatic heterocycles. The van der Waals surface area contributed by atoms with Crippen molar-refractivity contribution >= 4 is 0 Å². The molecular weight excluding hydrogens is 421 g/mol. The van der Waals surface area contributed by atoms with Crippen LogP contribution in [0.1, 0.15) is 48.2 Å². The first kappa shape index (κ1) is 22.3. The molecule has 0 spiro atoms. The van der Waals surface area contributed by atoms with E-state index < -0.39 is 17.3 Å². The topological polar surface area (TPSA) is 72.2 Å². The van der Waals surface area contributed by atoms with Crippen molar-refractivity contribution in [2.45, 2.75) is 50.2 Å². The quantitative estimate of drug-likeness (QED) is 0.619. The third kappa shape index (κ3) is 4.78. The molecule has 0 aliphatic carbocycles. The van der Waals surface area contributed by atoms with Gasteiger partial charge in [0, 0.05) is 12.5 Å². The maximum Gasteiger partial charge on any atom is 0.416 e. The molecule has 1 unspecified atom stereocenters. The van der Waals surface area contributed by atoms with E-state index in [2.05, 4.69) is 15.6 Å². The second-order valence-electron chi connectivity index (χ2n) is 8.33. The predicted molar refractivity (Wildman–Crippen MR) is 112 cm³/mol. The maximum absolute atomic E-state index is 12.9. The highest BCUT2D eigenvalue weighted by atomic mass is 19.4. The SMILES string of the molecule is COc1cccc(Cn2cc([C@@H]3CC(O)(c4ccc(C(F)(F)F)cc4)C[C@H](C)N3)nn2)c1. The Balaban J connectivity index is 1.52. The van der Waals surface area contributed by atoms with Crippen LogP contribution in [-0.2, 0) is 18.3 Å². The minimum absolute atomic E-state index is 0.0652. The van der Waals surface area contributed by atoms with E-state index in [0.29, 0.717) is 24.2 Å². The minimum atomic E-state index is -4.41. The van der Waals surface area contributed by atoms with Gasteiger partial charge in [-0.05, 0) is 48.7 Å². The minimum Gasteiger partial charge on any atom is -0.497 e. The van der Waals surface area contributed by atoms with Gasteiger partial charge in [0.25, 0.3) is 0 Å². The summed E-state index contributed by atoms with van der Waals surface area (Å²) < 4.78 is 45.7. The Labute approximate surface area is 184 Å². The van der Waals surface area contributed by atoms with Gasteiger partial charge < -0.3 is 15.2 Å². The summed E-state index contributed by atoms with van der Waals surface area (Å²) >= 11 is 0. The molecule has 2 aromatic carbocycles. The number of hydrogen-bond donors (Lipinski definition) is 2. The fraction of sp³-hybridized carbons (Fsp3) is 0.391. The lowest BCUT2D eigenvalue weighted by atomic mass is 9.78. The third-order valence-electron chi connectivity index (χ3n) is 5.81. The van der Waals surface area contributed by atoms with Crippen LogP contribution in [0.3, 0.4) is 0 Å². The van der Waals surface area contributed by atoms with E-state index in [1.165, 1.54) is 12.1 Å². The Morgan fingerprint density at radius 1 is 1.19 bits per heavy atom. The Kier molecular flexibility index (Phi) is 5.96. The number of ether oxygens (including phenoxy) is 1. The van der Waals surface area contributed by atoms with Crippen molar-refractivity contribution in [3.63, 3.8) is 0 Å². The van der Waals surface area contributed by atoms with Crippen molar-refractivity contribution in [3.8, 4) is 5.75 Å². The molecule has 3 atom stereocenters. The second-order valence-corrected chi connectivity index (χ2v) is 8.33. The van der Waals surface area contributed by atoms with Crippen LogP contribution in [0.25, 0.3) is 0 Å². The molecule has 0 saturated carbocycles. The zero-order valence-corrected chi connectivity index (χ0v) is 17.8. The molecule has 0 radical (unpaired) electrons. The van der Waals surface area contributed by atoms with Crippen LogP contribution in [0, 0.1) is 0 Å². The van der Waals surface area contributed by atoms with Gasteiger partial charge in [0.2, 0.25) is 0 Å². The van der Waals surface area contributed by atoms with Gasteiger partial charge in [-0.3, -0.25) is 0 Å². The van der Waals surface area contributed by atoms with Crippen LogP contribution in [0.4, 0.5) is 13.2 Å². The standard InChI is InChI=1S/C23H25F3N4O2/c1-15-11-22(31,17-6-8-18(9-7-17)23(24,25)26)12-20(27-15)21-14-30(29-28-21)13-16-4-3-5-19(10-16)32-2/h3-10,14-15,20,27,31H,11-13H2,1-2H3/t15-,20-,22?/m0/s1. The molecule has 1 fully saturated rings. The molecule has 1 saturated heterocycles. The van der Waals surface area contributed by atoms with Gasteiger partial charge >= 0.3 is 6.18 Å². The first-order chi connectivity index (χ1) is 15.2. The first-order valence-electron chi connectivity index (χ1n) is 10.4. The van der Waals surface area contributed by atoms with E-state index in [1.54, 1.807) is 11.8 Å². The number of benzene rings is 2. The van der Waals surface area contributed by atoms with Gasteiger partial charge in [0.15, 0.2) is 0 Å². The number of aliphatic hydroxyl groups is 1. The van der Waals surface area contributed by atoms with Crippen LogP contribution in [-0.4, -0.2) is 33.3 Å². The fourth-order valence-electron chi connectivity index (χ4n) is 4.29. The zero-order chi connectivity index (χ0) is 22.9. The summed E-state index contributed by atoms with van der Waals surface area (Å²) in [7, 11) is 1.61. The van der Waals surface area contributed by atoms with Crippen molar-refractivity contribution < 1.29 is 23.0 Å². The molecule has 0 bridgehead atoms. The van der Waals surface area contributed by atoms with Crippen molar-refractivity contribution in [1.82, 2.24) is 20.3 Å². The molecule has 1 aliphatic rings. The average molecular weight is 446 g/mol. The molecule has 1 aromatic heterocycles. The highest BCUT2D eigenvalue weighted by Gasteiger charge is 2.41. The van der Waals surface area contributed by atoms with E-state index in [0.717, 1.165) is 23.4 Å². The van der Waals surface area contributed by atoms with Gasteiger partial charge in [-0.2, -0.15) is 13.2 Å². The lowest BCUT2D eigenvalue weighted by molar-refractivity contribution is -0.137. The Hall–Kier alpha value is -2.91. The van der Waals surface area contributed by atoms with Gasteiger partial charge in [-0.15, -0.1) is 5.10 Å². The summed E-state index contributed by atoms with van der Waals surface area (Å²) in [6.45, 7) is 2.44. The number of alkyl halides is 3. The number of aromatic nitrogens is 3. The predicted octanol–water partition coefficient (Wildman–Crippen LogP) is 4.05.